The molecule has 0 N–H and O–H groups in total. The average molecular weight is 823 g/mol. The first kappa shape index (κ1) is 35.5. The van der Waals surface area contributed by atoms with Crippen molar-refractivity contribution in [3.63, 3.8) is 0 Å². The molecule has 0 bridgehead atoms. The lowest BCUT2D eigenvalue weighted by Gasteiger charge is -2.13. The van der Waals surface area contributed by atoms with Crippen molar-refractivity contribution in [3.8, 4) is 56.4 Å². The SMILES string of the molecule is c1ccc(-c2cc(-n3c4ccccc4c4ccc(-c5cncc(-c6ccc7c(c6)c6ccccc6n7-c6ccc7sc8cccnc8c7c6)n5)cc43)cc(-c3ccccc3)n2)cc1. The summed E-state index contributed by atoms with van der Waals surface area (Å²) in [5.41, 5.74) is 15.3. The van der Waals surface area contributed by atoms with Crippen molar-refractivity contribution in [3.05, 3.63) is 207 Å². The summed E-state index contributed by atoms with van der Waals surface area (Å²) in [6.45, 7) is 0. The van der Waals surface area contributed by atoms with E-state index in [2.05, 4.69) is 179 Å². The van der Waals surface area contributed by atoms with Gasteiger partial charge in [0.05, 0.1) is 73.1 Å². The predicted octanol–water partition coefficient (Wildman–Crippen LogP) is 14.5. The van der Waals surface area contributed by atoms with Gasteiger partial charge in [-0.25, -0.2) is 9.97 Å². The van der Waals surface area contributed by atoms with Gasteiger partial charge in [-0.1, -0.05) is 115 Å². The molecule has 0 aliphatic carbocycles. The van der Waals surface area contributed by atoms with Gasteiger partial charge in [-0.05, 0) is 72.8 Å². The van der Waals surface area contributed by atoms with Crippen LogP contribution < -0.4 is 0 Å². The number of thiophene rings is 1. The molecule has 13 rings (SSSR count). The second kappa shape index (κ2) is 14.2. The average Bonchev–Trinajstić information content (AvgIpc) is 4.01. The van der Waals surface area contributed by atoms with Crippen LogP contribution in [-0.4, -0.2) is 29.1 Å². The Labute approximate surface area is 365 Å². The number of hydrogen-bond donors (Lipinski definition) is 0. The number of para-hydroxylation sites is 2. The Morgan fingerprint density at radius 1 is 0.349 bits per heavy atom. The molecule has 63 heavy (non-hydrogen) atoms. The van der Waals surface area contributed by atoms with E-state index in [0.717, 1.165) is 89.4 Å². The molecule has 0 aliphatic rings. The fourth-order valence-electron chi connectivity index (χ4n) is 9.35. The molecule has 0 amide bonds. The second-order valence-corrected chi connectivity index (χ2v) is 17.0. The molecule has 0 radical (unpaired) electrons. The lowest BCUT2D eigenvalue weighted by Crippen LogP contribution is -1.98. The van der Waals surface area contributed by atoms with Crippen molar-refractivity contribution < 1.29 is 0 Å². The van der Waals surface area contributed by atoms with E-state index in [0.29, 0.717) is 0 Å². The molecule has 0 spiro atoms. The quantitative estimate of drug-likeness (QED) is 0.168. The first-order valence-electron chi connectivity index (χ1n) is 21.0. The second-order valence-electron chi connectivity index (χ2n) is 15.9. The van der Waals surface area contributed by atoms with Gasteiger partial charge >= 0.3 is 0 Å². The number of pyridine rings is 2. The number of rotatable bonds is 6. The number of fused-ring (bicyclic) bond motifs is 9. The monoisotopic (exact) mass is 822 g/mol. The van der Waals surface area contributed by atoms with E-state index in [-0.39, 0.29) is 0 Å². The highest BCUT2D eigenvalue weighted by atomic mass is 32.1. The zero-order valence-corrected chi connectivity index (χ0v) is 34.5. The van der Waals surface area contributed by atoms with Crippen LogP contribution in [-0.2, 0) is 0 Å². The molecule has 0 saturated carbocycles. The summed E-state index contributed by atoms with van der Waals surface area (Å²) in [5, 5.41) is 5.88. The third-order valence-electron chi connectivity index (χ3n) is 12.2. The number of nitrogens with zero attached hydrogens (tertiary/aromatic N) is 6. The molecule has 0 fully saturated rings. The third-order valence-corrected chi connectivity index (χ3v) is 13.4. The van der Waals surface area contributed by atoms with E-state index in [1.165, 1.54) is 30.9 Å². The molecule has 6 nitrogen and oxygen atoms in total. The van der Waals surface area contributed by atoms with Crippen molar-refractivity contribution in [1.82, 2.24) is 29.1 Å². The highest BCUT2D eigenvalue weighted by Gasteiger charge is 2.19. The summed E-state index contributed by atoms with van der Waals surface area (Å²) in [6, 6.07) is 66.7. The molecule has 13 aromatic rings. The van der Waals surface area contributed by atoms with Gasteiger partial charge in [-0.2, -0.15) is 0 Å². The molecule has 6 heterocycles. The van der Waals surface area contributed by atoms with Gasteiger partial charge in [0.25, 0.3) is 0 Å². The molecule has 0 atom stereocenters. The van der Waals surface area contributed by atoms with E-state index < -0.39 is 0 Å². The van der Waals surface area contributed by atoms with Gasteiger partial charge < -0.3 is 9.13 Å². The minimum Gasteiger partial charge on any atom is -0.309 e. The van der Waals surface area contributed by atoms with Crippen LogP contribution >= 0.6 is 11.3 Å². The largest absolute Gasteiger partial charge is 0.309 e. The standard InChI is InChI=1S/C56H34N6S/c1-3-12-35(13-4-1)46-31-40(32-47(59-46)36-14-5-2-6-15-36)62-50-18-9-7-16-41(50)43-24-21-38(29-53(43)62)49-34-57-33-48(60-49)37-22-25-52-44(28-37)42-17-8-10-19-51(42)61(52)39-23-26-54-45(30-39)56-55(63-54)20-11-27-58-56/h1-34H. The van der Waals surface area contributed by atoms with E-state index in [4.69, 9.17) is 19.9 Å². The summed E-state index contributed by atoms with van der Waals surface area (Å²) < 4.78 is 7.17. The van der Waals surface area contributed by atoms with Gasteiger partial charge in [0.1, 0.15) is 0 Å². The van der Waals surface area contributed by atoms with E-state index in [1.54, 1.807) is 11.3 Å². The van der Waals surface area contributed by atoms with Crippen LogP contribution in [0.3, 0.4) is 0 Å². The lowest BCUT2D eigenvalue weighted by atomic mass is 10.1. The first-order valence-corrected chi connectivity index (χ1v) is 21.8. The summed E-state index contributed by atoms with van der Waals surface area (Å²) in [7, 11) is 0. The topological polar surface area (TPSA) is 61.4 Å². The van der Waals surface area contributed by atoms with E-state index in [9.17, 15) is 0 Å². The molecule has 0 aliphatic heterocycles. The smallest absolute Gasteiger partial charge is 0.0893 e. The Bertz CT molecular complexity index is 3860. The Morgan fingerprint density at radius 2 is 0.937 bits per heavy atom. The molecule has 6 aromatic heterocycles. The lowest BCUT2D eigenvalue weighted by molar-refractivity contribution is 1.16. The number of aromatic nitrogens is 6. The van der Waals surface area contributed by atoms with Crippen LogP contribution in [0.4, 0.5) is 0 Å². The molecule has 7 aromatic carbocycles. The minimum absolute atomic E-state index is 0.809. The van der Waals surface area contributed by atoms with Crippen molar-refractivity contribution in [2.75, 3.05) is 0 Å². The molecule has 7 heteroatoms. The summed E-state index contributed by atoms with van der Waals surface area (Å²) in [5.74, 6) is 0. The summed E-state index contributed by atoms with van der Waals surface area (Å²) in [6.07, 6.45) is 5.62. The molecular formula is C56H34N6S. The van der Waals surface area contributed by atoms with Gasteiger partial charge in [0, 0.05) is 65.8 Å². The zero-order chi connectivity index (χ0) is 41.4. The number of hydrogen-bond acceptors (Lipinski definition) is 5. The fraction of sp³-hybridized carbons (Fsp3) is 0. The first-order chi connectivity index (χ1) is 31.2. The maximum Gasteiger partial charge on any atom is 0.0893 e. The third kappa shape index (κ3) is 5.78. The molecular weight excluding hydrogens is 789 g/mol. The van der Waals surface area contributed by atoms with Crippen LogP contribution in [0.25, 0.3) is 120 Å². The van der Waals surface area contributed by atoms with Gasteiger partial charge in [0.2, 0.25) is 0 Å². The summed E-state index contributed by atoms with van der Waals surface area (Å²) in [4.78, 5) is 20.0. The van der Waals surface area contributed by atoms with Crippen molar-refractivity contribution >= 4 is 75.3 Å². The van der Waals surface area contributed by atoms with Gasteiger partial charge in [0.15, 0.2) is 0 Å². The normalized spacial score (nSPS) is 11.8. The van der Waals surface area contributed by atoms with Crippen molar-refractivity contribution in [2.24, 2.45) is 0 Å². The predicted molar refractivity (Wildman–Crippen MR) is 261 cm³/mol. The Morgan fingerprint density at radius 3 is 1.67 bits per heavy atom. The Hall–Kier alpha value is -8.26. The maximum absolute atomic E-state index is 5.30. The molecule has 294 valence electrons. The Kier molecular flexibility index (Phi) is 7.98. The van der Waals surface area contributed by atoms with Crippen molar-refractivity contribution in [2.45, 2.75) is 0 Å². The zero-order valence-electron chi connectivity index (χ0n) is 33.7. The molecule has 0 saturated heterocycles. The van der Waals surface area contributed by atoms with E-state index in [1.807, 2.05) is 36.8 Å². The summed E-state index contributed by atoms with van der Waals surface area (Å²) >= 11 is 1.79. The molecule has 0 unspecified atom stereocenters. The maximum atomic E-state index is 5.30. The van der Waals surface area contributed by atoms with Crippen LogP contribution in [0.2, 0.25) is 0 Å². The van der Waals surface area contributed by atoms with Crippen LogP contribution in [0.15, 0.2) is 207 Å². The highest BCUT2D eigenvalue weighted by Crippen LogP contribution is 2.40. The van der Waals surface area contributed by atoms with E-state index >= 15 is 0 Å². The fourth-order valence-corrected chi connectivity index (χ4v) is 10.4. The number of benzene rings is 7. The highest BCUT2D eigenvalue weighted by molar-refractivity contribution is 7.25. The van der Waals surface area contributed by atoms with Crippen molar-refractivity contribution in [1.29, 1.82) is 0 Å². The Balaban J connectivity index is 0.942. The van der Waals surface area contributed by atoms with Crippen LogP contribution in [0, 0.1) is 0 Å². The van der Waals surface area contributed by atoms with Crippen LogP contribution in [0.5, 0.6) is 0 Å². The van der Waals surface area contributed by atoms with Gasteiger partial charge in [-0.15, -0.1) is 11.3 Å². The minimum atomic E-state index is 0.809. The van der Waals surface area contributed by atoms with Gasteiger partial charge in [-0.3, -0.25) is 9.97 Å². The van der Waals surface area contributed by atoms with Crippen LogP contribution in [0.1, 0.15) is 0 Å².